The van der Waals surface area contributed by atoms with E-state index in [4.69, 9.17) is 0 Å². The van der Waals surface area contributed by atoms with Gasteiger partial charge in [0.1, 0.15) is 0 Å². The normalized spacial score (nSPS) is 29.1. The first-order chi connectivity index (χ1) is 10.1. The van der Waals surface area contributed by atoms with E-state index in [1.165, 1.54) is 0 Å². The molecule has 1 aromatic rings. The van der Waals surface area contributed by atoms with Crippen LogP contribution in [-0.4, -0.2) is 34.4 Å². The second-order valence-corrected chi connectivity index (χ2v) is 6.25. The average Bonchev–Trinajstić information content (AvgIpc) is 2.59. The molecule has 0 radical (unpaired) electrons. The fraction of sp³-hybridized carbons (Fsp3) is 0.529. The predicted octanol–water partition coefficient (Wildman–Crippen LogP) is 2.13. The smallest absolute Gasteiger partial charge is 0.240 e. The van der Waals surface area contributed by atoms with Crippen molar-refractivity contribution in [2.45, 2.75) is 44.8 Å². The van der Waals surface area contributed by atoms with Gasteiger partial charge in [-0.1, -0.05) is 18.2 Å². The second kappa shape index (κ2) is 5.98. The Morgan fingerprint density at radius 1 is 1.48 bits per heavy atom. The van der Waals surface area contributed by atoms with Crippen molar-refractivity contribution in [2.75, 3.05) is 6.54 Å². The molecule has 3 rings (SSSR count). The van der Waals surface area contributed by atoms with Crippen LogP contribution >= 0.6 is 0 Å². The summed E-state index contributed by atoms with van der Waals surface area (Å²) in [5.41, 5.74) is 2.11. The predicted molar refractivity (Wildman–Crippen MR) is 82.5 cm³/mol. The summed E-state index contributed by atoms with van der Waals surface area (Å²) in [6.07, 6.45) is 4.98. The molecule has 2 aliphatic heterocycles. The number of nitrogens with one attached hydrogen (secondary N) is 1. The molecule has 112 valence electrons. The molecule has 2 aliphatic rings. The molecule has 0 spiro atoms. The van der Waals surface area contributed by atoms with Gasteiger partial charge < -0.3 is 10.2 Å². The molecular weight excluding hydrogens is 262 g/mol. The maximum atomic E-state index is 12.7. The van der Waals surface area contributed by atoms with Crippen molar-refractivity contribution in [1.29, 1.82) is 0 Å². The summed E-state index contributed by atoms with van der Waals surface area (Å²) >= 11 is 0. The molecule has 4 heteroatoms. The van der Waals surface area contributed by atoms with E-state index >= 15 is 0 Å². The number of nitrogens with zero attached hydrogens (tertiary/aromatic N) is 2. The summed E-state index contributed by atoms with van der Waals surface area (Å²) in [6, 6.07) is 6.21. The van der Waals surface area contributed by atoms with Gasteiger partial charge in [0.25, 0.3) is 0 Å². The largest absolute Gasteiger partial charge is 0.335 e. The highest BCUT2D eigenvalue weighted by atomic mass is 16.2. The zero-order valence-electron chi connectivity index (χ0n) is 12.6. The molecule has 3 heterocycles. The summed E-state index contributed by atoms with van der Waals surface area (Å²) in [5, 5.41) is 3.54. The molecule has 1 N–H and O–H groups in total. The van der Waals surface area contributed by atoms with Gasteiger partial charge in [-0.15, -0.1) is 0 Å². The standard InChI is InChI=1S/C17H23N3O/c1-12(2)14-11-20(10-13-6-3-4-9-18-13)17(21)16-8-5-7-15(14)19-16/h3-4,6,9,14-16,19H,1,5,7-8,10-11H2,2H3/t14-,15?,16?/m1/s1. The van der Waals surface area contributed by atoms with Crippen LogP contribution in [0.3, 0.4) is 0 Å². The van der Waals surface area contributed by atoms with Crippen LogP contribution in [0.5, 0.6) is 0 Å². The fourth-order valence-corrected chi connectivity index (χ4v) is 3.48. The van der Waals surface area contributed by atoms with E-state index in [0.29, 0.717) is 18.5 Å². The Kier molecular flexibility index (Phi) is 4.06. The molecule has 1 amide bonds. The van der Waals surface area contributed by atoms with Gasteiger partial charge in [0, 0.05) is 24.7 Å². The van der Waals surface area contributed by atoms with Crippen molar-refractivity contribution in [1.82, 2.24) is 15.2 Å². The zero-order valence-corrected chi connectivity index (χ0v) is 12.6. The molecule has 3 atom stereocenters. The Balaban J connectivity index is 1.84. The number of aromatic nitrogens is 1. The van der Waals surface area contributed by atoms with E-state index < -0.39 is 0 Å². The molecule has 21 heavy (non-hydrogen) atoms. The molecule has 2 fully saturated rings. The molecule has 2 unspecified atom stereocenters. The van der Waals surface area contributed by atoms with Gasteiger partial charge >= 0.3 is 0 Å². The number of hydrogen-bond donors (Lipinski definition) is 1. The molecule has 0 aliphatic carbocycles. The van der Waals surface area contributed by atoms with Crippen molar-refractivity contribution in [2.24, 2.45) is 5.92 Å². The van der Waals surface area contributed by atoms with Gasteiger partial charge in [-0.3, -0.25) is 9.78 Å². The summed E-state index contributed by atoms with van der Waals surface area (Å²) < 4.78 is 0. The van der Waals surface area contributed by atoms with Crippen molar-refractivity contribution < 1.29 is 4.79 Å². The topological polar surface area (TPSA) is 45.2 Å². The molecular formula is C17H23N3O. The Bertz CT molecular complexity index is 528. The number of pyridine rings is 1. The van der Waals surface area contributed by atoms with Crippen LogP contribution in [0.15, 0.2) is 36.5 Å². The summed E-state index contributed by atoms with van der Waals surface area (Å²) in [6.45, 7) is 7.56. The monoisotopic (exact) mass is 285 g/mol. The van der Waals surface area contributed by atoms with Gasteiger partial charge in [-0.25, -0.2) is 0 Å². The minimum atomic E-state index is -0.0307. The van der Waals surface area contributed by atoms with E-state index in [-0.39, 0.29) is 11.9 Å². The highest BCUT2D eigenvalue weighted by Crippen LogP contribution is 2.28. The van der Waals surface area contributed by atoms with Gasteiger partial charge in [-0.2, -0.15) is 0 Å². The molecule has 1 aromatic heterocycles. The van der Waals surface area contributed by atoms with Crippen LogP contribution < -0.4 is 5.32 Å². The van der Waals surface area contributed by atoms with Crippen LogP contribution in [-0.2, 0) is 11.3 Å². The molecule has 0 saturated carbocycles. The van der Waals surface area contributed by atoms with Crippen LogP contribution in [0, 0.1) is 5.92 Å². The highest BCUT2D eigenvalue weighted by molar-refractivity contribution is 5.82. The lowest BCUT2D eigenvalue weighted by Crippen LogP contribution is -2.48. The zero-order chi connectivity index (χ0) is 14.8. The number of amides is 1. The van der Waals surface area contributed by atoms with Crippen molar-refractivity contribution in [3.63, 3.8) is 0 Å². The van der Waals surface area contributed by atoms with Gasteiger partial charge in [-0.05, 0) is 38.3 Å². The lowest BCUT2D eigenvalue weighted by Gasteiger charge is -2.31. The van der Waals surface area contributed by atoms with Crippen molar-refractivity contribution in [3.05, 3.63) is 42.2 Å². The van der Waals surface area contributed by atoms with Gasteiger partial charge in [0.15, 0.2) is 0 Å². The molecule has 4 nitrogen and oxygen atoms in total. The van der Waals surface area contributed by atoms with Crippen molar-refractivity contribution >= 4 is 5.91 Å². The first-order valence-corrected chi connectivity index (χ1v) is 7.75. The molecule has 0 aromatic carbocycles. The Morgan fingerprint density at radius 2 is 2.33 bits per heavy atom. The Labute approximate surface area is 126 Å². The van der Waals surface area contributed by atoms with Crippen LogP contribution in [0.2, 0.25) is 0 Å². The Morgan fingerprint density at radius 3 is 3.05 bits per heavy atom. The number of rotatable bonds is 3. The second-order valence-electron chi connectivity index (χ2n) is 6.25. The third-order valence-electron chi connectivity index (χ3n) is 4.65. The molecule has 2 saturated heterocycles. The minimum absolute atomic E-state index is 0.0307. The average molecular weight is 285 g/mol. The Hall–Kier alpha value is -1.68. The maximum Gasteiger partial charge on any atom is 0.240 e. The fourth-order valence-electron chi connectivity index (χ4n) is 3.48. The third-order valence-corrected chi connectivity index (χ3v) is 4.65. The first-order valence-electron chi connectivity index (χ1n) is 7.75. The van der Waals surface area contributed by atoms with Gasteiger partial charge in [0.2, 0.25) is 5.91 Å². The number of hydrogen-bond acceptors (Lipinski definition) is 3. The van der Waals surface area contributed by atoms with Gasteiger partial charge in [0.05, 0.1) is 18.3 Å². The van der Waals surface area contributed by atoms with Crippen LogP contribution in [0.25, 0.3) is 0 Å². The van der Waals surface area contributed by atoms with Crippen LogP contribution in [0.1, 0.15) is 31.9 Å². The quantitative estimate of drug-likeness (QED) is 0.865. The lowest BCUT2D eigenvalue weighted by molar-refractivity contribution is -0.133. The number of carbonyl (C=O) groups excluding carboxylic acids is 1. The summed E-state index contributed by atoms with van der Waals surface area (Å²) in [5.74, 6) is 0.553. The first kappa shape index (κ1) is 14.3. The van der Waals surface area contributed by atoms with E-state index in [1.807, 2.05) is 23.1 Å². The maximum absolute atomic E-state index is 12.7. The summed E-state index contributed by atoms with van der Waals surface area (Å²) in [7, 11) is 0. The van der Waals surface area contributed by atoms with E-state index in [2.05, 4.69) is 23.8 Å². The third kappa shape index (κ3) is 3.00. The van der Waals surface area contributed by atoms with E-state index in [1.54, 1.807) is 6.20 Å². The van der Waals surface area contributed by atoms with E-state index in [0.717, 1.165) is 37.1 Å². The highest BCUT2D eigenvalue weighted by Gasteiger charge is 2.38. The summed E-state index contributed by atoms with van der Waals surface area (Å²) in [4.78, 5) is 19.1. The van der Waals surface area contributed by atoms with E-state index in [9.17, 15) is 4.79 Å². The number of fused-ring (bicyclic) bond motifs is 2. The lowest BCUT2D eigenvalue weighted by atomic mass is 9.87. The SMILES string of the molecule is C=C(C)[C@H]1CN(Cc2ccccn2)C(=O)C2CCCC1N2. The molecule has 2 bridgehead atoms. The van der Waals surface area contributed by atoms with Crippen LogP contribution in [0.4, 0.5) is 0 Å². The number of piperidine rings is 1. The number of carbonyl (C=O) groups is 1. The minimum Gasteiger partial charge on any atom is -0.335 e. The van der Waals surface area contributed by atoms with Crippen molar-refractivity contribution in [3.8, 4) is 0 Å².